The van der Waals surface area contributed by atoms with E-state index in [0.29, 0.717) is 0 Å². The molecule has 0 radical (unpaired) electrons. The molecule has 0 aromatic heterocycles. The zero-order chi connectivity index (χ0) is 12.7. The molecular formula is C15H16O2. The van der Waals surface area contributed by atoms with Crippen LogP contribution in [0.2, 0.25) is 0 Å². The molecule has 2 rings (SSSR count). The summed E-state index contributed by atoms with van der Waals surface area (Å²) in [6, 6.07) is 19.0. The summed E-state index contributed by atoms with van der Waals surface area (Å²) >= 11 is 0. The summed E-state index contributed by atoms with van der Waals surface area (Å²) in [5.41, 5.74) is 3.87. The molecule has 0 fully saturated rings. The minimum atomic E-state index is -0.833. The van der Waals surface area contributed by atoms with Gasteiger partial charge in [-0.05, 0) is 18.1 Å². The maximum absolute atomic E-state index is 9.00. The third-order valence-electron chi connectivity index (χ3n) is 2.16. The van der Waals surface area contributed by atoms with Crippen LogP contribution in [-0.4, -0.2) is 11.1 Å². The van der Waals surface area contributed by atoms with Gasteiger partial charge in [-0.15, -0.1) is 0 Å². The van der Waals surface area contributed by atoms with Gasteiger partial charge >= 0.3 is 0 Å². The van der Waals surface area contributed by atoms with Crippen LogP contribution in [0.15, 0.2) is 54.6 Å². The molecule has 0 saturated carbocycles. The minimum absolute atomic E-state index is 0.833. The molecule has 17 heavy (non-hydrogen) atoms. The van der Waals surface area contributed by atoms with Crippen LogP contribution in [0.4, 0.5) is 0 Å². The highest BCUT2D eigenvalue weighted by Gasteiger charge is 1.93. The molecule has 2 aromatic carbocycles. The molecule has 1 N–H and O–H groups in total. The molecule has 88 valence electrons. The molecular weight excluding hydrogens is 212 g/mol. The van der Waals surface area contributed by atoms with Gasteiger partial charge in [-0.25, -0.2) is 0 Å². The van der Waals surface area contributed by atoms with Crippen LogP contribution in [0.3, 0.4) is 0 Å². The number of carboxylic acid groups (broad SMARTS) is 1. The lowest BCUT2D eigenvalue weighted by atomic mass is 10.0. The van der Waals surface area contributed by atoms with Crippen LogP contribution in [0, 0.1) is 6.92 Å². The van der Waals surface area contributed by atoms with Crippen LogP contribution in [0.5, 0.6) is 0 Å². The van der Waals surface area contributed by atoms with Gasteiger partial charge in [0, 0.05) is 6.92 Å². The van der Waals surface area contributed by atoms with E-state index in [-0.39, 0.29) is 0 Å². The van der Waals surface area contributed by atoms with E-state index in [1.807, 2.05) is 6.07 Å². The monoisotopic (exact) mass is 228 g/mol. The van der Waals surface area contributed by atoms with Gasteiger partial charge in [-0.3, -0.25) is 4.79 Å². The second-order valence-electron chi connectivity index (χ2n) is 3.75. The summed E-state index contributed by atoms with van der Waals surface area (Å²) in [6.45, 7) is 3.19. The number of hydrogen-bond acceptors (Lipinski definition) is 1. The van der Waals surface area contributed by atoms with Crippen molar-refractivity contribution in [2.45, 2.75) is 13.8 Å². The van der Waals surface area contributed by atoms with E-state index in [1.54, 1.807) is 0 Å². The number of aliphatic carboxylic acids is 1. The van der Waals surface area contributed by atoms with Crippen molar-refractivity contribution in [1.29, 1.82) is 0 Å². The fraction of sp³-hybridized carbons (Fsp3) is 0.133. The van der Waals surface area contributed by atoms with Crippen molar-refractivity contribution >= 4 is 5.97 Å². The van der Waals surface area contributed by atoms with Gasteiger partial charge < -0.3 is 5.11 Å². The highest BCUT2D eigenvalue weighted by molar-refractivity contribution is 5.63. The quantitative estimate of drug-likeness (QED) is 0.807. The smallest absolute Gasteiger partial charge is 0.300 e. The zero-order valence-corrected chi connectivity index (χ0v) is 10.1. The first-order chi connectivity index (χ1) is 8.09. The Hall–Kier alpha value is -2.09. The minimum Gasteiger partial charge on any atom is -0.481 e. The predicted molar refractivity (Wildman–Crippen MR) is 69.9 cm³/mol. The third-order valence-corrected chi connectivity index (χ3v) is 2.16. The van der Waals surface area contributed by atoms with Gasteiger partial charge in [0.05, 0.1) is 0 Å². The average Bonchev–Trinajstić information content (AvgIpc) is 2.30. The van der Waals surface area contributed by atoms with Gasteiger partial charge in [-0.2, -0.15) is 0 Å². The number of hydrogen-bond donors (Lipinski definition) is 1. The molecule has 0 saturated heterocycles. The first-order valence-electron chi connectivity index (χ1n) is 5.41. The van der Waals surface area contributed by atoms with Crippen LogP contribution in [0.25, 0.3) is 11.1 Å². The Bertz CT molecular complexity index is 454. The highest BCUT2D eigenvalue weighted by Crippen LogP contribution is 2.18. The van der Waals surface area contributed by atoms with E-state index in [0.717, 1.165) is 6.92 Å². The van der Waals surface area contributed by atoms with Crippen LogP contribution in [-0.2, 0) is 4.79 Å². The molecule has 2 aromatic rings. The van der Waals surface area contributed by atoms with Crippen molar-refractivity contribution in [1.82, 2.24) is 0 Å². The van der Waals surface area contributed by atoms with Gasteiger partial charge in [0.15, 0.2) is 0 Å². The topological polar surface area (TPSA) is 37.3 Å². The summed E-state index contributed by atoms with van der Waals surface area (Å²) in [5, 5.41) is 7.42. The zero-order valence-electron chi connectivity index (χ0n) is 10.1. The van der Waals surface area contributed by atoms with Gasteiger partial charge in [-0.1, -0.05) is 60.2 Å². The van der Waals surface area contributed by atoms with E-state index < -0.39 is 5.97 Å². The molecule has 2 heteroatoms. The standard InChI is InChI=1S/C13H12.C2H4O2/c1-11-7-9-13(10-8-11)12-5-3-2-4-6-12;1-2(3)4/h2-10H,1H3;1H3,(H,3,4). The largest absolute Gasteiger partial charge is 0.481 e. The van der Waals surface area contributed by atoms with E-state index >= 15 is 0 Å². The Morgan fingerprint density at radius 2 is 1.29 bits per heavy atom. The van der Waals surface area contributed by atoms with E-state index in [9.17, 15) is 0 Å². The normalized spacial score (nSPS) is 9.06. The fourth-order valence-corrected chi connectivity index (χ4v) is 1.38. The van der Waals surface area contributed by atoms with Crippen molar-refractivity contribution in [2.24, 2.45) is 0 Å². The highest BCUT2D eigenvalue weighted by atomic mass is 16.4. The third kappa shape index (κ3) is 4.98. The molecule has 0 aliphatic carbocycles. The molecule has 2 nitrogen and oxygen atoms in total. The van der Waals surface area contributed by atoms with Crippen LogP contribution in [0.1, 0.15) is 12.5 Å². The number of carbonyl (C=O) groups is 1. The van der Waals surface area contributed by atoms with Crippen LogP contribution >= 0.6 is 0 Å². The van der Waals surface area contributed by atoms with Crippen molar-refractivity contribution in [3.63, 3.8) is 0 Å². The Labute approximate surface area is 102 Å². The van der Waals surface area contributed by atoms with E-state index in [1.165, 1.54) is 16.7 Å². The molecule has 0 bridgehead atoms. The molecule has 0 atom stereocenters. The lowest BCUT2D eigenvalue weighted by Crippen LogP contribution is -1.78. The molecule has 0 unspecified atom stereocenters. The maximum Gasteiger partial charge on any atom is 0.300 e. The van der Waals surface area contributed by atoms with Crippen LogP contribution < -0.4 is 0 Å². The second-order valence-corrected chi connectivity index (χ2v) is 3.75. The summed E-state index contributed by atoms with van der Waals surface area (Å²) in [5.74, 6) is -0.833. The average molecular weight is 228 g/mol. The van der Waals surface area contributed by atoms with Crippen molar-refractivity contribution in [3.8, 4) is 11.1 Å². The Morgan fingerprint density at radius 1 is 0.882 bits per heavy atom. The molecule has 0 aliphatic rings. The Kier molecular flexibility index (Phi) is 4.95. The SMILES string of the molecule is CC(=O)O.Cc1ccc(-c2ccccc2)cc1. The van der Waals surface area contributed by atoms with E-state index in [2.05, 4.69) is 55.5 Å². The molecule has 0 aliphatic heterocycles. The maximum atomic E-state index is 9.00. The van der Waals surface area contributed by atoms with Crippen molar-refractivity contribution in [3.05, 3.63) is 60.2 Å². The van der Waals surface area contributed by atoms with Crippen molar-refractivity contribution in [2.75, 3.05) is 0 Å². The number of rotatable bonds is 1. The van der Waals surface area contributed by atoms with Crippen molar-refractivity contribution < 1.29 is 9.90 Å². The van der Waals surface area contributed by atoms with Gasteiger partial charge in [0.1, 0.15) is 0 Å². The number of aryl methyl sites for hydroxylation is 1. The lowest BCUT2D eigenvalue weighted by molar-refractivity contribution is -0.134. The Morgan fingerprint density at radius 3 is 1.76 bits per heavy atom. The summed E-state index contributed by atoms with van der Waals surface area (Å²) in [6.07, 6.45) is 0. The first-order valence-corrected chi connectivity index (χ1v) is 5.41. The van der Waals surface area contributed by atoms with Gasteiger partial charge in [0.2, 0.25) is 0 Å². The molecule has 0 heterocycles. The molecule has 0 amide bonds. The Balaban J connectivity index is 0.000000317. The van der Waals surface area contributed by atoms with Gasteiger partial charge in [0.25, 0.3) is 5.97 Å². The predicted octanol–water partition coefficient (Wildman–Crippen LogP) is 3.75. The number of carboxylic acids is 1. The van der Waals surface area contributed by atoms with E-state index in [4.69, 9.17) is 9.90 Å². The first kappa shape index (κ1) is 13.0. The second kappa shape index (κ2) is 6.48. The summed E-state index contributed by atoms with van der Waals surface area (Å²) in [7, 11) is 0. The summed E-state index contributed by atoms with van der Waals surface area (Å²) < 4.78 is 0. The fourth-order valence-electron chi connectivity index (χ4n) is 1.38. The molecule has 0 spiro atoms. The lowest BCUT2D eigenvalue weighted by Gasteiger charge is -2.00. The summed E-state index contributed by atoms with van der Waals surface area (Å²) in [4.78, 5) is 9.00. The number of benzene rings is 2.